The summed E-state index contributed by atoms with van der Waals surface area (Å²) in [6.45, 7) is 18.4. The van der Waals surface area contributed by atoms with Gasteiger partial charge in [0.15, 0.2) is 12.3 Å². The Morgan fingerprint density at radius 1 is 1.04 bits per heavy atom. The van der Waals surface area contributed by atoms with E-state index >= 15 is 0 Å². The number of carbonyl (C=O) groups is 2. The van der Waals surface area contributed by atoms with Crippen molar-refractivity contribution in [2.45, 2.75) is 129 Å². The minimum absolute atomic E-state index is 0.152. The van der Waals surface area contributed by atoms with Gasteiger partial charge in [-0.3, -0.25) is 29.3 Å². The Balaban J connectivity index is 1.89. The molecule has 0 spiro atoms. The summed E-state index contributed by atoms with van der Waals surface area (Å²) in [4.78, 5) is 64.3. The first-order chi connectivity index (χ1) is 23.1. The Morgan fingerprint density at radius 3 is 2.24 bits per heavy atom. The zero-order valence-corrected chi connectivity index (χ0v) is 31.0. The summed E-state index contributed by atoms with van der Waals surface area (Å²) >= 11 is 0. The predicted octanol–water partition coefficient (Wildman–Crippen LogP) is 6.17. The van der Waals surface area contributed by atoms with Crippen LogP contribution in [0.1, 0.15) is 110 Å². The molecule has 0 radical (unpaired) electrons. The van der Waals surface area contributed by atoms with Crippen LogP contribution in [0.4, 0.5) is 10.5 Å². The molecule has 1 aromatic carbocycles. The van der Waals surface area contributed by atoms with E-state index in [9.17, 15) is 29.3 Å². The Morgan fingerprint density at radius 2 is 1.69 bits per heavy atom. The lowest BCUT2D eigenvalue weighted by Crippen LogP contribution is -2.54. The molecule has 2 unspecified atom stereocenters. The SMILES string of the molecule is CCCCNC(=O)c1ccc(C(C)COC(=O)OC2[C@@H](CC)O[C@@H](n3ccc(=O)[nH]c3=O)[C@H]2O[Si](C(C)C)(C(C)C)C(C)C)c([N+](=O)[O-])c1. The van der Waals surface area contributed by atoms with E-state index in [1.165, 1.54) is 35.0 Å². The normalized spacial score (nSPS) is 20.1. The van der Waals surface area contributed by atoms with E-state index in [2.05, 4.69) is 51.8 Å². The number of carbonyl (C=O) groups excluding carboxylic acids is 2. The Kier molecular flexibility index (Phi) is 13.9. The van der Waals surface area contributed by atoms with Gasteiger partial charge in [0.25, 0.3) is 17.2 Å². The maximum Gasteiger partial charge on any atom is 0.508 e. The van der Waals surface area contributed by atoms with Gasteiger partial charge in [-0.05, 0) is 35.5 Å². The second-order valence-corrected chi connectivity index (χ2v) is 19.0. The molecule has 0 bridgehead atoms. The molecule has 2 aromatic rings. The van der Waals surface area contributed by atoms with Gasteiger partial charge in [-0.1, -0.05) is 74.8 Å². The van der Waals surface area contributed by atoms with Crippen LogP contribution in [-0.4, -0.2) is 66.3 Å². The molecule has 1 aliphatic heterocycles. The molecular weight excluding hydrogens is 652 g/mol. The van der Waals surface area contributed by atoms with Gasteiger partial charge in [0.05, 0.1) is 11.0 Å². The smallest absolute Gasteiger partial charge is 0.434 e. The Bertz CT molecular complexity index is 1550. The quantitative estimate of drug-likeness (QED) is 0.0674. The van der Waals surface area contributed by atoms with Gasteiger partial charge >= 0.3 is 11.8 Å². The van der Waals surface area contributed by atoms with Gasteiger partial charge in [-0.15, -0.1) is 0 Å². The number of nitrogens with one attached hydrogen (secondary N) is 2. The standard InChI is InChI=1S/C34H52N4O10Si/c1-10-12-16-35-31(40)24-13-14-25(26(18-24)38(43)44)23(9)19-45-34(42)47-29-27(11-2)46-32(37-17-15-28(39)36-33(37)41)30(29)48-49(20(3)4,21(5)6)22(7)8/h13-15,17-18,20-23,27,29-30,32H,10-12,16,19H2,1-9H3,(H,35,40)(H,36,39,41)/t23?,27-,29?,30+,32-/m1/s1. The predicted molar refractivity (Wildman–Crippen MR) is 186 cm³/mol. The van der Waals surface area contributed by atoms with Crippen molar-refractivity contribution in [2.75, 3.05) is 13.2 Å². The molecule has 1 amide bonds. The van der Waals surface area contributed by atoms with Crippen molar-refractivity contribution in [1.82, 2.24) is 14.9 Å². The minimum Gasteiger partial charge on any atom is -0.434 e. The van der Waals surface area contributed by atoms with Crippen LogP contribution in [0.15, 0.2) is 40.1 Å². The number of nitro groups is 1. The molecule has 1 aliphatic rings. The number of unbranched alkanes of at least 4 members (excludes halogenated alkanes) is 1. The number of nitrogens with zero attached hydrogens (tertiary/aromatic N) is 2. The lowest BCUT2D eigenvalue weighted by molar-refractivity contribution is -0.385. The number of hydrogen-bond donors (Lipinski definition) is 2. The highest BCUT2D eigenvalue weighted by molar-refractivity contribution is 6.77. The summed E-state index contributed by atoms with van der Waals surface area (Å²) in [6, 6.07) is 5.45. The first-order valence-corrected chi connectivity index (χ1v) is 19.3. The molecule has 2 N–H and O–H groups in total. The van der Waals surface area contributed by atoms with E-state index in [-0.39, 0.29) is 34.5 Å². The molecule has 1 aromatic heterocycles. The molecule has 49 heavy (non-hydrogen) atoms. The van der Waals surface area contributed by atoms with Crippen molar-refractivity contribution in [1.29, 1.82) is 0 Å². The van der Waals surface area contributed by atoms with Crippen LogP contribution in [0.5, 0.6) is 0 Å². The molecule has 0 aliphatic carbocycles. The summed E-state index contributed by atoms with van der Waals surface area (Å²) < 4.78 is 26.1. The van der Waals surface area contributed by atoms with Crippen LogP contribution in [0, 0.1) is 10.1 Å². The highest BCUT2D eigenvalue weighted by Crippen LogP contribution is 2.47. The third kappa shape index (κ3) is 9.05. The molecule has 2 heterocycles. The van der Waals surface area contributed by atoms with Crippen LogP contribution in [-0.2, 0) is 18.6 Å². The molecule has 272 valence electrons. The summed E-state index contributed by atoms with van der Waals surface area (Å²) in [5, 5.41) is 14.7. The van der Waals surface area contributed by atoms with Crippen LogP contribution in [0.3, 0.4) is 0 Å². The van der Waals surface area contributed by atoms with E-state index in [0.29, 0.717) is 18.5 Å². The Labute approximate surface area is 288 Å². The third-order valence-electron chi connectivity index (χ3n) is 9.38. The summed E-state index contributed by atoms with van der Waals surface area (Å²) in [5.41, 5.74) is -0.597. The number of nitro benzene ring substituents is 1. The fraction of sp³-hybridized carbons (Fsp3) is 0.647. The third-order valence-corrected chi connectivity index (χ3v) is 15.5. The van der Waals surface area contributed by atoms with Crippen molar-refractivity contribution in [2.24, 2.45) is 0 Å². The maximum absolute atomic E-state index is 13.3. The van der Waals surface area contributed by atoms with Gasteiger partial charge in [0.1, 0.15) is 12.7 Å². The van der Waals surface area contributed by atoms with Crippen LogP contribution in [0.2, 0.25) is 16.6 Å². The molecule has 3 rings (SSSR count). The molecule has 0 saturated carbocycles. The number of aromatic amines is 1. The van der Waals surface area contributed by atoms with E-state index in [4.69, 9.17) is 18.6 Å². The minimum atomic E-state index is -2.64. The van der Waals surface area contributed by atoms with E-state index < -0.39 is 67.0 Å². The topological polar surface area (TPSA) is 181 Å². The number of ether oxygens (including phenoxy) is 3. The summed E-state index contributed by atoms with van der Waals surface area (Å²) in [6.07, 6.45) is -1.15. The van der Waals surface area contributed by atoms with Gasteiger partial charge in [-0.2, -0.15) is 0 Å². The van der Waals surface area contributed by atoms with Crippen molar-refractivity contribution >= 4 is 26.1 Å². The molecule has 1 fully saturated rings. The number of rotatable bonds is 16. The number of H-pyrrole nitrogens is 1. The fourth-order valence-electron chi connectivity index (χ4n) is 6.97. The van der Waals surface area contributed by atoms with Gasteiger partial charge in [0, 0.05) is 41.9 Å². The second-order valence-electron chi connectivity index (χ2n) is 13.6. The van der Waals surface area contributed by atoms with Crippen LogP contribution >= 0.6 is 0 Å². The average Bonchev–Trinajstić information content (AvgIpc) is 3.37. The van der Waals surface area contributed by atoms with Crippen molar-refractivity contribution in [3.63, 3.8) is 0 Å². The van der Waals surface area contributed by atoms with Crippen LogP contribution < -0.4 is 16.6 Å². The number of amides is 1. The average molecular weight is 705 g/mol. The lowest BCUT2D eigenvalue weighted by Gasteiger charge is -2.45. The van der Waals surface area contributed by atoms with Gasteiger partial charge < -0.3 is 24.0 Å². The Hall–Kier alpha value is -3.82. The summed E-state index contributed by atoms with van der Waals surface area (Å²) in [5.74, 6) is -1.02. The zero-order valence-electron chi connectivity index (χ0n) is 30.0. The number of aromatic nitrogens is 2. The number of hydrogen-bond acceptors (Lipinski definition) is 10. The lowest BCUT2D eigenvalue weighted by atomic mass is 9.98. The van der Waals surface area contributed by atoms with Crippen molar-refractivity contribution in [3.8, 4) is 0 Å². The van der Waals surface area contributed by atoms with Gasteiger partial charge in [-0.25, -0.2) is 9.59 Å². The first kappa shape index (κ1) is 39.6. The van der Waals surface area contributed by atoms with Crippen LogP contribution in [0.25, 0.3) is 0 Å². The first-order valence-electron chi connectivity index (χ1n) is 17.1. The largest absolute Gasteiger partial charge is 0.508 e. The zero-order chi connectivity index (χ0) is 36.6. The molecule has 14 nitrogen and oxygen atoms in total. The van der Waals surface area contributed by atoms with Crippen molar-refractivity contribution in [3.05, 3.63) is 72.5 Å². The number of benzene rings is 1. The fourth-order valence-corrected chi connectivity index (χ4v) is 12.5. The molecule has 1 saturated heterocycles. The highest BCUT2D eigenvalue weighted by atomic mass is 28.4. The maximum atomic E-state index is 13.3. The molecule has 15 heteroatoms. The summed E-state index contributed by atoms with van der Waals surface area (Å²) in [7, 11) is -2.64. The monoisotopic (exact) mass is 704 g/mol. The highest BCUT2D eigenvalue weighted by Gasteiger charge is 2.55. The van der Waals surface area contributed by atoms with E-state index in [1.807, 2.05) is 13.8 Å². The van der Waals surface area contributed by atoms with E-state index in [1.54, 1.807) is 6.92 Å². The molecular formula is C34H52N4O10Si. The molecule has 5 atom stereocenters. The van der Waals surface area contributed by atoms with E-state index in [0.717, 1.165) is 12.8 Å². The second kappa shape index (κ2) is 17.2. The van der Waals surface area contributed by atoms with Crippen molar-refractivity contribution < 1.29 is 33.1 Å². The van der Waals surface area contributed by atoms with Gasteiger partial charge in [0.2, 0.25) is 8.32 Å².